The van der Waals surface area contributed by atoms with Gasteiger partial charge in [-0.3, -0.25) is 4.79 Å². The van der Waals surface area contributed by atoms with Gasteiger partial charge in [0.1, 0.15) is 0 Å². The number of hydrogen-bond donors (Lipinski definition) is 1. The van der Waals surface area contributed by atoms with Crippen LogP contribution in [0.1, 0.15) is 18.4 Å². The fourth-order valence-corrected chi connectivity index (χ4v) is 4.29. The molecule has 0 saturated carbocycles. The van der Waals surface area contributed by atoms with Crippen LogP contribution in [0.5, 0.6) is 0 Å². The number of hydrogen-bond acceptors (Lipinski definition) is 6. The maximum atomic E-state index is 13.2. The number of pyridine rings is 1. The maximum Gasteiger partial charge on any atom is 0.353 e. The molecular formula is C23H24N6O3. The van der Waals surface area contributed by atoms with E-state index in [-0.39, 0.29) is 23.3 Å². The lowest BCUT2D eigenvalue weighted by atomic mass is 10.0. The lowest BCUT2D eigenvalue weighted by Crippen LogP contribution is -2.28. The highest BCUT2D eigenvalue weighted by molar-refractivity contribution is 5.90. The third-order valence-electron chi connectivity index (χ3n) is 5.85. The fourth-order valence-electron chi connectivity index (χ4n) is 4.29. The molecule has 0 amide bonds. The summed E-state index contributed by atoms with van der Waals surface area (Å²) in [6.45, 7) is 2.81. The van der Waals surface area contributed by atoms with E-state index >= 15 is 0 Å². The summed E-state index contributed by atoms with van der Waals surface area (Å²) in [5.41, 5.74) is 9.61. The zero-order chi connectivity index (χ0) is 22.4. The Bertz CT molecular complexity index is 1400. The number of aryl methyl sites for hydroxylation is 2. The minimum absolute atomic E-state index is 0.0522. The normalized spacial score (nSPS) is 16.1. The number of fused-ring (bicyclic) bond motifs is 1. The number of nitrogen functional groups attached to an aromatic ring is 1. The molecule has 9 nitrogen and oxygen atoms in total. The summed E-state index contributed by atoms with van der Waals surface area (Å²) < 4.78 is 9.95. The Hall–Kier alpha value is -3.72. The Balaban J connectivity index is 1.83. The van der Waals surface area contributed by atoms with E-state index in [4.69, 9.17) is 10.5 Å². The summed E-state index contributed by atoms with van der Waals surface area (Å²) in [4.78, 5) is 30.1. The van der Waals surface area contributed by atoms with E-state index in [0.717, 1.165) is 24.0 Å². The quantitative estimate of drug-likeness (QED) is 0.528. The van der Waals surface area contributed by atoms with Gasteiger partial charge in [0.2, 0.25) is 5.95 Å². The molecule has 0 bridgehead atoms. The third-order valence-corrected chi connectivity index (χ3v) is 5.85. The highest BCUT2D eigenvalue weighted by Crippen LogP contribution is 2.34. The second-order valence-electron chi connectivity index (χ2n) is 8.15. The standard InChI is InChI=1S/C23H24N6O3/c1-14-11-16(12-27(2)21(14)30)18-19(15-7-4-3-5-8-15)25-22(24)29-20(18)26-28(23(29)31)13-17-9-6-10-32-17/h3-5,7-8,11-12,17H,6,9-10,13H2,1-2H3,(H2,24,25)/t17-/m1/s1. The van der Waals surface area contributed by atoms with Gasteiger partial charge in [0.05, 0.1) is 23.9 Å². The molecule has 1 fully saturated rings. The van der Waals surface area contributed by atoms with E-state index in [1.165, 1.54) is 13.6 Å². The van der Waals surface area contributed by atoms with Crippen molar-refractivity contribution in [1.82, 2.24) is 23.7 Å². The van der Waals surface area contributed by atoms with Gasteiger partial charge in [-0.1, -0.05) is 30.3 Å². The molecule has 0 aliphatic carbocycles. The van der Waals surface area contributed by atoms with Crippen molar-refractivity contribution in [2.24, 2.45) is 7.05 Å². The Kier molecular flexibility index (Phi) is 4.90. The molecule has 2 N–H and O–H groups in total. The Morgan fingerprint density at radius 1 is 1.19 bits per heavy atom. The number of benzene rings is 1. The minimum Gasteiger partial charge on any atom is -0.376 e. The predicted molar refractivity (Wildman–Crippen MR) is 121 cm³/mol. The number of nitrogens with two attached hydrogens (primary N) is 1. The van der Waals surface area contributed by atoms with Crippen LogP contribution in [-0.2, 0) is 18.3 Å². The van der Waals surface area contributed by atoms with Gasteiger partial charge < -0.3 is 15.0 Å². The van der Waals surface area contributed by atoms with E-state index in [1.807, 2.05) is 30.3 Å². The van der Waals surface area contributed by atoms with E-state index < -0.39 is 0 Å². The molecule has 4 aromatic rings. The van der Waals surface area contributed by atoms with Crippen molar-refractivity contribution >= 4 is 11.6 Å². The Morgan fingerprint density at radius 3 is 2.66 bits per heavy atom. The van der Waals surface area contributed by atoms with Gasteiger partial charge in [-0.05, 0) is 25.8 Å². The predicted octanol–water partition coefficient (Wildman–Crippen LogP) is 1.99. The van der Waals surface area contributed by atoms with E-state index in [9.17, 15) is 9.59 Å². The number of rotatable bonds is 4. The summed E-state index contributed by atoms with van der Waals surface area (Å²) in [5.74, 6) is 0.0627. The molecule has 0 unspecified atom stereocenters. The molecule has 32 heavy (non-hydrogen) atoms. The van der Waals surface area contributed by atoms with Gasteiger partial charge in [0, 0.05) is 36.5 Å². The van der Waals surface area contributed by atoms with Crippen LogP contribution in [0.2, 0.25) is 0 Å². The van der Waals surface area contributed by atoms with Crippen molar-refractivity contribution < 1.29 is 4.74 Å². The van der Waals surface area contributed by atoms with E-state index in [0.29, 0.717) is 35.6 Å². The molecule has 4 heterocycles. The Labute approximate surface area is 183 Å². The van der Waals surface area contributed by atoms with Gasteiger partial charge in [-0.25, -0.2) is 18.9 Å². The first-order valence-corrected chi connectivity index (χ1v) is 10.6. The highest BCUT2D eigenvalue weighted by atomic mass is 16.5. The van der Waals surface area contributed by atoms with Crippen molar-refractivity contribution in [3.05, 3.63) is 69.0 Å². The SMILES string of the molecule is Cc1cc(-c2c(-c3ccccc3)nc(N)n3c(=O)n(C[C@H]4CCCO4)nc23)cn(C)c1=O. The number of ether oxygens (including phenoxy) is 1. The first-order chi connectivity index (χ1) is 15.4. The van der Waals surface area contributed by atoms with Crippen LogP contribution in [0.15, 0.2) is 52.2 Å². The van der Waals surface area contributed by atoms with Gasteiger partial charge in [-0.2, -0.15) is 0 Å². The number of anilines is 1. The summed E-state index contributed by atoms with van der Waals surface area (Å²) in [7, 11) is 1.70. The fraction of sp³-hybridized carbons (Fsp3) is 0.304. The molecule has 0 radical (unpaired) electrons. The molecule has 1 aliphatic rings. The summed E-state index contributed by atoms with van der Waals surface area (Å²) >= 11 is 0. The first kappa shape index (κ1) is 20.2. The monoisotopic (exact) mass is 432 g/mol. The Morgan fingerprint density at radius 2 is 1.97 bits per heavy atom. The second-order valence-corrected chi connectivity index (χ2v) is 8.15. The van der Waals surface area contributed by atoms with Crippen LogP contribution in [0.25, 0.3) is 28.0 Å². The summed E-state index contributed by atoms with van der Waals surface area (Å²) in [6.07, 6.45) is 3.54. The maximum absolute atomic E-state index is 13.2. The summed E-state index contributed by atoms with van der Waals surface area (Å²) in [5, 5.41) is 4.66. The third kappa shape index (κ3) is 3.31. The van der Waals surface area contributed by atoms with Crippen LogP contribution in [0.3, 0.4) is 0 Å². The van der Waals surface area contributed by atoms with E-state index in [1.54, 1.807) is 26.2 Å². The van der Waals surface area contributed by atoms with Crippen molar-refractivity contribution in [2.45, 2.75) is 32.4 Å². The molecular weight excluding hydrogens is 408 g/mol. The van der Waals surface area contributed by atoms with Gasteiger partial charge in [0.15, 0.2) is 5.65 Å². The zero-order valence-electron chi connectivity index (χ0n) is 18.0. The van der Waals surface area contributed by atoms with Crippen LogP contribution >= 0.6 is 0 Å². The van der Waals surface area contributed by atoms with Crippen molar-refractivity contribution in [3.63, 3.8) is 0 Å². The largest absolute Gasteiger partial charge is 0.376 e. The van der Waals surface area contributed by atoms with Gasteiger partial charge in [-0.15, -0.1) is 5.10 Å². The van der Waals surface area contributed by atoms with Gasteiger partial charge in [0.25, 0.3) is 5.56 Å². The molecule has 0 spiro atoms. The zero-order valence-corrected chi connectivity index (χ0v) is 18.0. The average Bonchev–Trinajstić information content (AvgIpc) is 3.41. The van der Waals surface area contributed by atoms with Crippen molar-refractivity contribution in [1.29, 1.82) is 0 Å². The molecule has 164 valence electrons. The smallest absolute Gasteiger partial charge is 0.353 e. The molecule has 1 aliphatic heterocycles. The number of nitrogens with zero attached hydrogens (tertiary/aromatic N) is 5. The topological polar surface area (TPSA) is 109 Å². The second kappa shape index (κ2) is 7.76. The van der Waals surface area contributed by atoms with Gasteiger partial charge >= 0.3 is 5.69 Å². The molecule has 9 heteroatoms. The number of aromatic nitrogens is 5. The molecule has 5 rings (SSSR count). The lowest BCUT2D eigenvalue weighted by molar-refractivity contribution is 0.0931. The van der Waals surface area contributed by atoms with Crippen LogP contribution in [-0.4, -0.2) is 36.4 Å². The highest BCUT2D eigenvalue weighted by Gasteiger charge is 2.24. The summed E-state index contributed by atoms with van der Waals surface area (Å²) in [6, 6.07) is 11.4. The van der Waals surface area contributed by atoms with Crippen LogP contribution < -0.4 is 17.0 Å². The van der Waals surface area contributed by atoms with E-state index in [2.05, 4.69) is 10.1 Å². The minimum atomic E-state index is -0.358. The van der Waals surface area contributed by atoms with Crippen molar-refractivity contribution in [2.75, 3.05) is 12.3 Å². The molecule has 1 atom stereocenters. The lowest BCUT2D eigenvalue weighted by Gasteiger charge is -2.13. The molecule has 3 aromatic heterocycles. The molecule has 1 saturated heterocycles. The van der Waals surface area contributed by atoms with Crippen LogP contribution in [0.4, 0.5) is 5.95 Å². The van der Waals surface area contributed by atoms with Crippen LogP contribution in [0, 0.1) is 6.92 Å². The molecule has 1 aromatic carbocycles. The average molecular weight is 432 g/mol. The van der Waals surface area contributed by atoms with Crippen molar-refractivity contribution in [3.8, 4) is 22.4 Å². The first-order valence-electron chi connectivity index (χ1n) is 10.6.